The molecule has 4 aromatic carbocycles. The number of alkyl carbamates (subject to hydrolysis) is 2. The summed E-state index contributed by atoms with van der Waals surface area (Å²) in [5, 5.41) is 40.1. The van der Waals surface area contributed by atoms with Crippen LogP contribution < -0.4 is 31.9 Å². The van der Waals surface area contributed by atoms with E-state index >= 15 is 0 Å². The molecule has 16 nitrogen and oxygen atoms in total. The third kappa shape index (κ3) is 17.0. The van der Waals surface area contributed by atoms with Crippen molar-refractivity contribution in [3.05, 3.63) is 144 Å². The largest absolute Gasteiger partial charge is 0.445 e. The summed E-state index contributed by atoms with van der Waals surface area (Å²) in [4.78, 5) is 79.9. The summed E-state index contributed by atoms with van der Waals surface area (Å²) in [5.74, 6) is -3.57. The highest BCUT2D eigenvalue weighted by atomic mass is 16.6. The molecule has 0 saturated heterocycles. The molecule has 6 amide bonds. The van der Waals surface area contributed by atoms with Gasteiger partial charge in [0.15, 0.2) is 0 Å². The number of aliphatic hydroxyl groups is 2. The number of benzene rings is 4. The van der Waals surface area contributed by atoms with Gasteiger partial charge in [-0.05, 0) is 60.8 Å². The van der Waals surface area contributed by atoms with Crippen LogP contribution in [0.1, 0.15) is 63.8 Å². The van der Waals surface area contributed by atoms with Gasteiger partial charge in [-0.2, -0.15) is 0 Å². The second-order valence-corrected chi connectivity index (χ2v) is 16.9. The fourth-order valence-electron chi connectivity index (χ4n) is 6.91. The van der Waals surface area contributed by atoms with Crippen molar-refractivity contribution in [1.29, 1.82) is 0 Å². The molecular formula is C50H64N6O10. The van der Waals surface area contributed by atoms with E-state index in [9.17, 15) is 39.0 Å². The molecule has 4 aromatic rings. The van der Waals surface area contributed by atoms with Crippen LogP contribution in [-0.4, -0.2) is 94.5 Å². The van der Waals surface area contributed by atoms with E-state index in [4.69, 9.17) is 9.47 Å². The normalized spacial score (nSPS) is 14.8. The first-order valence-electron chi connectivity index (χ1n) is 22.1. The fourth-order valence-corrected chi connectivity index (χ4v) is 6.91. The molecule has 0 bridgehead atoms. The van der Waals surface area contributed by atoms with Crippen LogP contribution in [0, 0.1) is 11.8 Å². The van der Waals surface area contributed by atoms with Gasteiger partial charge in [0.1, 0.15) is 49.6 Å². The number of carbonyl (C=O) groups excluding carboxylic acids is 6. The van der Waals surface area contributed by atoms with Crippen LogP contribution in [-0.2, 0) is 54.7 Å². The molecule has 354 valence electrons. The maximum atomic E-state index is 14.1. The fraction of sp³-hybridized carbons (Fsp3) is 0.400. The van der Waals surface area contributed by atoms with E-state index in [1.165, 1.54) is 13.8 Å². The minimum absolute atomic E-state index is 0.00760. The van der Waals surface area contributed by atoms with Crippen LogP contribution in [0.15, 0.2) is 121 Å². The molecule has 0 heterocycles. The van der Waals surface area contributed by atoms with Gasteiger partial charge in [0.25, 0.3) is 0 Å². The Kier molecular flexibility index (Phi) is 20.6. The van der Waals surface area contributed by atoms with Crippen molar-refractivity contribution in [3.8, 4) is 0 Å². The Morgan fingerprint density at radius 3 is 0.985 bits per heavy atom. The first-order valence-corrected chi connectivity index (χ1v) is 22.1. The van der Waals surface area contributed by atoms with Crippen molar-refractivity contribution in [3.63, 3.8) is 0 Å². The minimum Gasteiger partial charge on any atom is -0.445 e. The van der Waals surface area contributed by atoms with Gasteiger partial charge < -0.3 is 51.6 Å². The van der Waals surface area contributed by atoms with Gasteiger partial charge in [0.05, 0.1) is 12.1 Å². The first-order chi connectivity index (χ1) is 31.5. The average molecular weight is 909 g/mol. The first kappa shape index (κ1) is 51.9. The van der Waals surface area contributed by atoms with Crippen LogP contribution in [0.25, 0.3) is 0 Å². The highest BCUT2D eigenvalue weighted by Crippen LogP contribution is 2.17. The van der Waals surface area contributed by atoms with Crippen LogP contribution >= 0.6 is 0 Å². The zero-order chi connectivity index (χ0) is 48.2. The molecule has 0 aliphatic heterocycles. The van der Waals surface area contributed by atoms with Gasteiger partial charge >= 0.3 is 12.2 Å². The maximum absolute atomic E-state index is 14.1. The lowest BCUT2D eigenvalue weighted by atomic mass is 9.90. The zero-order valence-electron chi connectivity index (χ0n) is 38.3. The molecular weight excluding hydrogens is 845 g/mol. The summed E-state index contributed by atoms with van der Waals surface area (Å²) in [6, 6.07) is 29.2. The molecule has 0 aromatic heterocycles. The second-order valence-electron chi connectivity index (χ2n) is 16.9. The summed E-state index contributed by atoms with van der Waals surface area (Å²) >= 11 is 0. The predicted octanol–water partition coefficient (Wildman–Crippen LogP) is 4.07. The van der Waals surface area contributed by atoms with Crippen molar-refractivity contribution in [2.45, 2.75) is 116 Å². The summed E-state index contributed by atoms with van der Waals surface area (Å²) in [6.07, 6.45) is -4.94. The third-order valence-electron chi connectivity index (χ3n) is 10.8. The monoisotopic (exact) mass is 908 g/mol. The second kappa shape index (κ2) is 26.2. The highest BCUT2D eigenvalue weighted by molar-refractivity contribution is 5.92. The summed E-state index contributed by atoms with van der Waals surface area (Å²) in [7, 11) is 0. The van der Waals surface area contributed by atoms with Gasteiger partial charge in [-0.15, -0.1) is 0 Å². The Morgan fingerprint density at radius 1 is 0.409 bits per heavy atom. The molecule has 0 aliphatic rings. The topological polar surface area (TPSA) is 234 Å². The van der Waals surface area contributed by atoms with Crippen LogP contribution in [0.2, 0.25) is 0 Å². The summed E-state index contributed by atoms with van der Waals surface area (Å²) < 4.78 is 10.5. The van der Waals surface area contributed by atoms with E-state index in [1.807, 2.05) is 24.3 Å². The van der Waals surface area contributed by atoms with Gasteiger partial charge in [0.2, 0.25) is 23.6 Å². The van der Waals surface area contributed by atoms with E-state index in [0.29, 0.717) is 11.1 Å². The Morgan fingerprint density at radius 2 is 0.697 bits per heavy atom. The molecule has 0 radical (unpaired) electrons. The number of aliphatic hydroxyl groups excluding tert-OH is 2. The number of ether oxygens (including phenoxy) is 2. The average Bonchev–Trinajstić information content (AvgIpc) is 3.31. The molecule has 8 N–H and O–H groups in total. The van der Waals surface area contributed by atoms with Crippen LogP contribution in [0.5, 0.6) is 0 Å². The maximum Gasteiger partial charge on any atom is 0.408 e. The highest BCUT2D eigenvalue weighted by Gasteiger charge is 2.38. The molecule has 0 saturated carbocycles. The van der Waals surface area contributed by atoms with Gasteiger partial charge in [0, 0.05) is 0 Å². The van der Waals surface area contributed by atoms with Gasteiger partial charge in [-0.25, -0.2) is 9.59 Å². The van der Waals surface area contributed by atoms with Gasteiger partial charge in [-0.3, -0.25) is 19.2 Å². The minimum atomic E-state index is -1.69. The lowest BCUT2D eigenvalue weighted by Gasteiger charge is -2.35. The lowest BCUT2D eigenvalue weighted by molar-refractivity contribution is -0.133. The number of rotatable bonds is 23. The Balaban J connectivity index is 1.49. The molecule has 0 aliphatic carbocycles. The lowest BCUT2D eigenvalue weighted by Crippen LogP contribution is -2.62. The van der Waals surface area contributed by atoms with Crippen molar-refractivity contribution >= 4 is 35.8 Å². The molecule has 4 rings (SSSR count). The summed E-state index contributed by atoms with van der Waals surface area (Å²) in [5.41, 5.74) is 2.94. The van der Waals surface area contributed by atoms with E-state index < -0.39 is 96.1 Å². The van der Waals surface area contributed by atoms with Crippen molar-refractivity contribution in [2.75, 3.05) is 0 Å². The quantitative estimate of drug-likeness (QED) is 0.0532. The molecule has 0 fully saturated rings. The van der Waals surface area contributed by atoms with Crippen LogP contribution in [0.3, 0.4) is 0 Å². The third-order valence-corrected chi connectivity index (χ3v) is 10.8. The molecule has 0 unspecified atom stereocenters. The van der Waals surface area contributed by atoms with Crippen molar-refractivity contribution in [2.24, 2.45) is 11.8 Å². The number of hydrogen-bond acceptors (Lipinski definition) is 10. The van der Waals surface area contributed by atoms with E-state index in [1.54, 1.807) is 125 Å². The molecule has 0 spiro atoms. The van der Waals surface area contributed by atoms with E-state index in [0.717, 1.165) is 11.1 Å². The van der Waals surface area contributed by atoms with Crippen molar-refractivity contribution < 1.29 is 48.5 Å². The molecule has 8 atom stereocenters. The van der Waals surface area contributed by atoms with Gasteiger partial charge in [-0.1, -0.05) is 149 Å². The van der Waals surface area contributed by atoms with E-state index in [2.05, 4.69) is 31.9 Å². The van der Waals surface area contributed by atoms with Crippen LogP contribution in [0.4, 0.5) is 9.59 Å². The zero-order valence-corrected chi connectivity index (χ0v) is 38.3. The Bertz CT molecular complexity index is 1990. The molecule has 66 heavy (non-hydrogen) atoms. The van der Waals surface area contributed by atoms with E-state index in [-0.39, 0.29) is 26.1 Å². The summed E-state index contributed by atoms with van der Waals surface area (Å²) in [6.45, 7) is 9.76. The molecule has 16 heteroatoms. The number of amides is 6. The standard InChI is InChI=1S/C50H64N6O10/c1-31(2)41(55-45(59)33(5)51-49(63)65-29-37-23-15-9-16-24-37)47(61)53-39(27-35-19-11-7-12-20-35)43(57)44(58)40(28-36-21-13-8-14-22-36)54-48(62)42(32(3)4)56-46(60)34(6)52-50(64)66-30-38-25-17-10-18-26-38/h7-26,31-34,39-44,57-58H,27-30H2,1-6H3,(H,51,63)(H,52,64)(H,53,61)(H,54,62)(H,55,59)(H,56,60)/t33-,34+,39-,40-,41-,42+,43+,44+/m0/s1. The number of nitrogens with one attached hydrogen (secondary N) is 6. The number of carbonyl (C=O) groups is 6. The Labute approximate surface area is 386 Å². The SMILES string of the molecule is CC(C)[C@H](NC(=O)[C@H](C)NC(=O)OCc1ccccc1)C(=O)N[C@@H](Cc1ccccc1)[C@@H](O)[C@H](O)[C@H](Cc1ccccc1)NC(=O)[C@H](NC(=O)[C@@H](C)NC(=O)OCc1ccccc1)C(C)C. The smallest absolute Gasteiger partial charge is 0.408 e. The number of hydrogen-bond donors (Lipinski definition) is 8. The van der Waals surface area contributed by atoms with Crippen molar-refractivity contribution in [1.82, 2.24) is 31.9 Å². The Hall–Kier alpha value is -6.78. The predicted molar refractivity (Wildman–Crippen MR) is 248 cm³/mol.